The Balaban J connectivity index is 2.10. The van der Waals surface area contributed by atoms with Gasteiger partial charge in [0, 0.05) is 11.1 Å². The summed E-state index contributed by atoms with van der Waals surface area (Å²) in [5, 5.41) is 4.08. The number of anilines is 3. The van der Waals surface area contributed by atoms with Crippen LogP contribution < -0.4 is 11.1 Å². The third kappa shape index (κ3) is 2.26. The van der Waals surface area contributed by atoms with E-state index in [1.54, 1.807) is 12.3 Å². The third-order valence-electron chi connectivity index (χ3n) is 2.99. The summed E-state index contributed by atoms with van der Waals surface area (Å²) in [5.74, 6) is -0.478. The van der Waals surface area contributed by atoms with Crippen LogP contribution in [0.5, 0.6) is 0 Å². The maximum atomic E-state index is 13.5. The Bertz CT molecular complexity index is 789. The van der Waals surface area contributed by atoms with Crippen LogP contribution in [0.15, 0.2) is 48.7 Å². The Morgan fingerprint density at radius 1 is 1.15 bits per heavy atom. The van der Waals surface area contributed by atoms with Gasteiger partial charge in [-0.15, -0.1) is 0 Å². The number of nitrogen functional groups attached to an aromatic ring is 1. The summed E-state index contributed by atoms with van der Waals surface area (Å²) in [5.41, 5.74) is 8.56. The van der Waals surface area contributed by atoms with Gasteiger partial charge in [-0.05, 0) is 24.3 Å². The molecule has 0 aliphatic heterocycles. The van der Waals surface area contributed by atoms with Gasteiger partial charge in [0.05, 0.1) is 28.1 Å². The molecule has 0 atom stereocenters. The summed E-state index contributed by atoms with van der Waals surface area (Å²) >= 11 is 5.67. The SMILES string of the molecule is Nc1cnc2ccccc2c1Nc1ccc(Cl)c(F)c1. The topological polar surface area (TPSA) is 50.9 Å². The number of halogens is 2. The van der Waals surface area contributed by atoms with Crippen LogP contribution in [0.4, 0.5) is 21.5 Å². The Labute approximate surface area is 120 Å². The second-order valence-corrected chi connectivity index (χ2v) is 4.77. The van der Waals surface area contributed by atoms with Crippen molar-refractivity contribution in [3.63, 3.8) is 0 Å². The minimum Gasteiger partial charge on any atom is -0.396 e. The molecule has 3 rings (SSSR count). The highest BCUT2D eigenvalue weighted by Crippen LogP contribution is 2.31. The van der Waals surface area contributed by atoms with Crippen LogP contribution >= 0.6 is 11.6 Å². The summed E-state index contributed by atoms with van der Waals surface area (Å²) in [6, 6.07) is 12.1. The molecule has 0 amide bonds. The summed E-state index contributed by atoms with van der Waals surface area (Å²) in [6.45, 7) is 0. The van der Waals surface area contributed by atoms with Crippen LogP contribution in [0.2, 0.25) is 5.02 Å². The fraction of sp³-hybridized carbons (Fsp3) is 0. The van der Waals surface area contributed by atoms with Crippen LogP contribution in [-0.2, 0) is 0 Å². The predicted molar refractivity (Wildman–Crippen MR) is 80.8 cm³/mol. The average molecular weight is 288 g/mol. The molecule has 0 aliphatic rings. The van der Waals surface area contributed by atoms with E-state index in [0.29, 0.717) is 17.1 Å². The zero-order valence-corrected chi connectivity index (χ0v) is 11.2. The number of nitrogens with one attached hydrogen (secondary N) is 1. The molecule has 0 saturated heterocycles. The minimum absolute atomic E-state index is 0.0862. The zero-order valence-electron chi connectivity index (χ0n) is 10.4. The van der Waals surface area contributed by atoms with Gasteiger partial charge < -0.3 is 11.1 Å². The average Bonchev–Trinajstić information content (AvgIpc) is 2.46. The molecule has 3 N–H and O–H groups in total. The Hall–Kier alpha value is -2.33. The molecule has 100 valence electrons. The van der Waals surface area contributed by atoms with E-state index in [9.17, 15) is 4.39 Å². The molecule has 1 aromatic heterocycles. The van der Waals surface area contributed by atoms with Crippen molar-refractivity contribution in [2.75, 3.05) is 11.1 Å². The molecular formula is C15H11ClFN3. The second kappa shape index (κ2) is 4.98. The zero-order chi connectivity index (χ0) is 14.1. The van der Waals surface area contributed by atoms with Gasteiger partial charge in [0.2, 0.25) is 0 Å². The number of fused-ring (bicyclic) bond motifs is 1. The van der Waals surface area contributed by atoms with Gasteiger partial charge in [-0.25, -0.2) is 4.39 Å². The summed E-state index contributed by atoms with van der Waals surface area (Å²) < 4.78 is 13.5. The lowest BCUT2D eigenvalue weighted by Crippen LogP contribution is -1.99. The molecule has 0 radical (unpaired) electrons. The maximum Gasteiger partial charge on any atom is 0.143 e. The van der Waals surface area contributed by atoms with Crippen molar-refractivity contribution < 1.29 is 4.39 Å². The fourth-order valence-corrected chi connectivity index (χ4v) is 2.13. The standard InChI is InChI=1S/C15H11ClFN3/c16-11-6-5-9(7-12(11)17)20-15-10-3-1-2-4-14(10)19-8-13(15)18/h1-8H,18H2,(H,19,20). The lowest BCUT2D eigenvalue weighted by Gasteiger charge is -2.12. The van der Waals surface area contributed by atoms with Crippen molar-refractivity contribution in [3.8, 4) is 0 Å². The number of aromatic nitrogens is 1. The highest BCUT2D eigenvalue weighted by molar-refractivity contribution is 6.30. The number of para-hydroxylation sites is 1. The summed E-state index contributed by atoms with van der Waals surface area (Å²) in [7, 11) is 0. The van der Waals surface area contributed by atoms with E-state index >= 15 is 0 Å². The molecule has 5 heteroatoms. The van der Waals surface area contributed by atoms with Gasteiger partial charge in [-0.1, -0.05) is 29.8 Å². The first-order valence-electron chi connectivity index (χ1n) is 6.00. The molecule has 0 spiro atoms. The number of nitrogens with zero attached hydrogens (tertiary/aromatic N) is 1. The molecule has 0 bridgehead atoms. The van der Waals surface area contributed by atoms with Crippen molar-refractivity contribution in [3.05, 3.63) is 59.5 Å². The molecule has 20 heavy (non-hydrogen) atoms. The maximum absolute atomic E-state index is 13.5. The van der Waals surface area contributed by atoms with Gasteiger partial charge in [-0.3, -0.25) is 4.98 Å². The van der Waals surface area contributed by atoms with Gasteiger partial charge in [-0.2, -0.15) is 0 Å². The van der Waals surface area contributed by atoms with Gasteiger partial charge in [0.25, 0.3) is 0 Å². The molecule has 0 unspecified atom stereocenters. The van der Waals surface area contributed by atoms with Crippen LogP contribution in [0.25, 0.3) is 10.9 Å². The van der Waals surface area contributed by atoms with Gasteiger partial charge >= 0.3 is 0 Å². The van der Waals surface area contributed by atoms with E-state index in [-0.39, 0.29) is 5.02 Å². The van der Waals surface area contributed by atoms with Crippen molar-refractivity contribution >= 4 is 39.6 Å². The molecule has 1 heterocycles. The number of hydrogen-bond donors (Lipinski definition) is 2. The van der Waals surface area contributed by atoms with Crippen LogP contribution in [-0.4, -0.2) is 4.98 Å². The normalized spacial score (nSPS) is 10.7. The molecule has 3 nitrogen and oxygen atoms in total. The first kappa shape index (κ1) is 12.7. The molecule has 0 aliphatic carbocycles. The van der Waals surface area contributed by atoms with E-state index in [4.69, 9.17) is 17.3 Å². The van der Waals surface area contributed by atoms with Crippen molar-refractivity contribution in [1.82, 2.24) is 4.98 Å². The minimum atomic E-state index is -0.478. The monoisotopic (exact) mass is 287 g/mol. The number of nitrogens with two attached hydrogens (primary N) is 1. The van der Waals surface area contributed by atoms with Crippen LogP contribution in [0, 0.1) is 5.82 Å². The fourth-order valence-electron chi connectivity index (χ4n) is 2.01. The number of benzene rings is 2. The molecule has 3 aromatic rings. The van der Waals surface area contributed by atoms with Crippen molar-refractivity contribution in [1.29, 1.82) is 0 Å². The molecule has 2 aromatic carbocycles. The summed E-state index contributed by atoms with van der Waals surface area (Å²) in [6.07, 6.45) is 1.58. The first-order chi connectivity index (χ1) is 9.65. The quantitative estimate of drug-likeness (QED) is 0.736. The van der Waals surface area contributed by atoms with Gasteiger partial charge in [0.1, 0.15) is 5.82 Å². The van der Waals surface area contributed by atoms with E-state index in [2.05, 4.69) is 10.3 Å². The van der Waals surface area contributed by atoms with E-state index in [1.165, 1.54) is 12.1 Å². The summed E-state index contributed by atoms with van der Waals surface area (Å²) in [4.78, 5) is 4.25. The first-order valence-corrected chi connectivity index (χ1v) is 6.38. The van der Waals surface area contributed by atoms with E-state index < -0.39 is 5.82 Å². The van der Waals surface area contributed by atoms with Crippen molar-refractivity contribution in [2.45, 2.75) is 0 Å². The van der Waals surface area contributed by atoms with Crippen LogP contribution in [0.1, 0.15) is 0 Å². The molecule has 0 fully saturated rings. The number of rotatable bonds is 2. The lowest BCUT2D eigenvalue weighted by atomic mass is 10.1. The number of pyridine rings is 1. The smallest absolute Gasteiger partial charge is 0.143 e. The predicted octanol–water partition coefficient (Wildman–Crippen LogP) is 4.35. The largest absolute Gasteiger partial charge is 0.396 e. The highest BCUT2D eigenvalue weighted by Gasteiger charge is 2.08. The van der Waals surface area contributed by atoms with E-state index in [0.717, 1.165) is 10.9 Å². The second-order valence-electron chi connectivity index (χ2n) is 4.36. The third-order valence-corrected chi connectivity index (χ3v) is 3.30. The Morgan fingerprint density at radius 2 is 1.95 bits per heavy atom. The Kier molecular flexibility index (Phi) is 3.16. The van der Waals surface area contributed by atoms with Gasteiger partial charge in [0.15, 0.2) is 0 Å². The highest BCUT2D eigenvalue weighted by atomic mass is 35.5. The lowest BCUT2D eigenvalue weighted by molar-refractivity contribution is 0.629. The van der Waals surface area contributed by atoms with E-state index in [1.807, 2.05) is 24.3 Å². The molecular weight excluding hydrogens is 277 g/mol. The molecule has 0 saturated carbocycles. The number of hydrogen-bond acceptors (Lipinski definition) is 3. The van der Waals surface area contributed by atoms with Crippen molar-refractivity contribution in [2.24, 2.45) is 0 Å². The van der Waals surface area contributed by atoms with Crippen LogP contribution in [0.3, 0.4) is 0 Å². The Morgan fingerprint density at radius 3 is 2.75 bits per heavy atom.